The van der Waals surface area contributed by atoms with Gasteiger partial charge in [-0.1, -0.05) is 13.8 Å². The summed E-state index contributed by atoms with van der Waals surface area (Å²) in [4.78, 5) is 26.9. The average molecular weight is 345 g/mol. The maximum Gasteiger partial charge on any atom is 0.233 e. The van der Waals surface area contributed by atoms with Crippen molar-refractivity contribution in [2.24, 2.45) is 11.8 Å². The number of carbonyl (C=O) groups is 2. The van der Waals surface area contributed by atoms with Gasteiger partial charge in [0.1, 0.15) is 19.4 Å². The van der Waals surface area contributed by atoms with Gasteiger partial charge in [0.25, 0.3) is 0 Å². The van der Waals surface area contributed by atoms with Crippen molar-refractivity contribution >= 4 is 11.7 Å². The maximum atomic E-state index is 12.9. The molecule has 24 heavy (non-hydrogen) atoms. The topological polar surface area (TPSA) is 74.3 Å². The lowest BCUT2D eigenvalue weighted by Crippen LogP contribution is -2.49. The minimum atomic E-state index is -0.655. The maximum absolute atomic E-state index is 12.9. The van der Waals surface area contributed by atoms with Crippen LogP contribution in [0.1, 0.15) is 33.6 Å². The van der Waals surface area contributed by atoms with Gasteiger partial charge in [0, 0.05) is 20.1 Å². The molecular weight excluding hydrogens is 314 g/mol. The van der Waals surface area contributed by atoms with E-state index in [-0.39, 0.29) is 43.3 Å². The number of hydrogen-bond acceptors (Lipinski definition) is 6. The molecule has 1 saturated heterocycles. The Bertz CT molecular complexity index is 383. The number of ketones is 1. The van der Waals surface area contributed by atoms with E-state index in [1.54, 1.807) is 26.0 Å². The van der Waals surface area contributed by atoms with Crippen LogP contribution in [0.2, 0.25) is 0 Å². The fourth-order valence-electron chi connectivity index (χ4n) is 3.03. The summed E-state index contributed by atoms with van der Waals surface area (Å²) in [7, 11) is 3.12. The largest absolute Gasteiger partial charge is 0.359 e. The molecule has 3 atom stereocenters. The highest BCUT2D eigenvalue weighted by molar-refractivity contribution is 6.02. The van der Waals surface area contributed by atoms with Gasteiger partial charge in [0.05, 0.1) is 31.2 Å². The molecule has 0 aromatic heterocycles. The van der Waals surface area contributed by atoms with E-state index in [0.717, 1.165) is 12.8 Å². The molecule has 7 nitrogen and oxygen atoms in total. The Morgan fingerprint density at radius 2 is 1.42 bits per heavy atom. The Kier molecular flexibility index (Phi) is 9.43. The van der Waals surface area contributed by atoms with Crippen LogP contribution in [0.3, 0.4) is 0 Å². The summed E-state index contributed by atoms with van der Waals surface area (Å²) in [5.41, 5.74) is 0. The number of nitrogens with zero attached hydrogens (tertiary/aromatic N) is 1. The second-order valence-corrected chi connectivity index (χ2v) is 6.46. The van der Waals surface area contributed by atoms with E-state index in [2.05, 4.69) is 0 Å². The normalized spacial score (nSPS) is 22.2. The quantitative estimate of drug-likeness (QED) is 0.321. The van der Waals surface area contributed by atoms with Crippen molar-refractivity contribution < 1.29 is 28.5 Å². The highest BCUT2D eigenvalue weighted by atomic mass is 16.7. The van der Waals surface area contributed by atoms with Gasteiger partial charge >= 0.3 is 0 Å². The Morgan fingerprint density at radius 1 is 0.958 bits per heavy atom. The van der Waals surface area contributed by atoms with Crippen LogP contribution in [0.15, 0.2) is 0 Å². The average Bonchev–Trinajstić information content (AvgIpc) is 2.96. The lowest BCUT2D eigenvalue weighted by atomic mass is 9.95. The van der Waals surface area contributed by atoms with Gasteiger partial charge in [-0.3, -0.25) is 9.59 Å². The molecule has 0 aliphatic carbocycles. The van der Waals surface area contributed by atoms with Gasteiger partial charge in [-0.2, -0.15) is 0 Å². The van der Waals surface area contributed by atoms with Gasteiger partial charge in [-0.25, -0.2) is 0 Å². The molecule has 0 aromatic rings. The number of rotatable bonds is 11. The van der Waals surface area contributed by atoms with Crippen molar-refractivity contribution in [2.75, 3.05) is 41.0 Å². The molecule has 0 radical (unpaired) electrons. The predicted octanol–water partition coefficient (Wildman–Crippen LogP) is 1.45. The molecule has 0 spiro atoms. The zero-order valence-electron chi connectivity index (χ0n) is 15.4. The van der Waals surface area contributed by atoms with E-state index in [1.807, 2.05) is 13.8 Å². The number of hydrogen-bond donors (Lipinski definition) is 0. The second kappa shape index (κ2) is 10.8. The van der Waals surface area contributed by atoms with Crippen LogP contribution in [-0.4, -0.2) is 69.7 Å². The summed E-state index contributed by atoms with van der Waals surface area (Å²) in [5.74, 6) is -1.01. The van der Waals surface area contributed by atoms with E-state index in [0.29, 0.717) is 13.2 Å². The fourth-order valence-corrected chi connectivity index (χ4v) is 3.03. The standard InChI is InChI=1S/C17H31NO6/c1-12(2)16(19)13(3)17(20)18-14(8-23-10-21-4)6-7-15(18)9-24-11-22-5/h12-15H,6-11H2,1-5H3/t13-,14+,15+/m1/s1. The van der Waals surface area contributed by atoms with Crippen molar-refractivity contribution in [3.8, 4) is 0 Å². The Hall–Kier alpha value is -1.02. The molecule has 7 heteroatoms. The van der Waals surface area contributed by atoms with E-state index >= 15 is 0 Å². The van der Waals surface area contributed by atoms with Crippen molar-refractivity contribution in [2.45, 2.75) is 45.7 Å². The molecule has 1 aliphatic rings. The summed E-state index contributed by atoms with van der Waals surface area (Å²) in [5, 5.41) is 0. The molecule has 0 aromatic carbocycles. The van der Waals surface area contributed by atoms with E-state index < -0.39 is 5.92 Å². The van der Waals surface area contributed by atoms with Gasteiger partial charge < -0.3 is 23.8 Å². The molecule has 0 bridgehead atoms. The summed E-state index contributed by atoms with van der Waals surface area (Å²) >= 11 is 0. The van der Waals surface area contributed by atoms with E-state index in [4.69, 9.17) is 18.9 Å². The summed E-state index contributed by atoms with van der Waals surface area (Å²) in [6, 6.07) is -0.127. The van der Waals surface area contributed by atoms with Crippen LogP contribution < -0.4 is 0 Å². The van der Waals surface area contributed by atoms with Crippen LogP contribution in [0.25, 0.3) is 0 Å². The first-order valence-electron chi connectivity index (χ1n) is 8.43. The smallest absolute Gasteiger partial charge is 0.233 e. The summed E-state index contributed by atoms with van der Waals surface area (Å²) in [6.45, 7) is 6.46. The van der Waals surface area contributed by atoms with Crippen LogP contribution in [-0.2, 0) is 28.5 Å². The van der Waals surface area contributed by atoms with E-state index in [9.17, 15) is 9.59 Å². The van der Waals surface area contributed by atoms with Crippen LogP contribution >= 0.6 is 0 Å². The minimum absolute atomic E-state index is 0.0416. The third-order valence-electron chi connectivity index (χ3n) is 4.26. The molecule has 1 amide bonds. The zero-order valence-corrected chi connectivity index (χ0v) is 15.4. The molecule has 1 aliphatic heterocycles. The first kappa shape index (κ1) is 21.0. The zero-order chi connectivity index (χ0) is 18.1. The molecule has 1 fully saturated rings. The third-order valence-corrected chi connectivity index (χ3v) is 4.26. The second-order valence-electron chi connectivity index (χ2n) is 6.46. The number of carbonyl (C=O) groups excluding carboxylic acids is 2. The number of Topliss-reactive ketones (excluding diaryl/α,β-unsaturated/α-hetero) is 1. The monoisotopic (exact) mass is 345 g/mol. The van der Waals surface area contributed by atoms with E-state index in [1.165, 1.54) is 0 Å². The highest BCUT2D eigenvalue weighted by Gasteiger charge is 2.40. The van der Waals surface area contributed by atoms with Gasteiger partial charge in [0.2, 0.25) is 5.91 Å². The minimum Gasteiger partial charge on any atom is -0.359 e. The lowest BCUT2D eigenvalue weighted by Gasteiger charge is -2.32. The van der Waals surface area contributed by atoms with Gasteiger partial charge in [-0.05, 0) is 19.8 Å². The number of methoxy groups -OCH3 is 2. The van der Waals surface area contributed by atoms with Crippen molar-refractivity contribution in [3.05, 3.63) is 0 Å². The molecule has 0 unspecified atom stereocenters. The Balaban J connectivity index is 2.79. The lowest BCUT2D eigenvalue weighted by molar-refractivity contribution is -0.148. The molecule has 1 heterocycles. The molecular formula is C17H31NO6. The van der Waals surface area contributed by atoms with Crippen LogP contribution in [0.5, 0.6) is 0 Å². The Morgan fingerprint density at radius 3 is 1.79 bits per heavy atom. The van der Waals surface area contributed by atoms with Crippen molar-refractivity contribution in [3.63, 3.8) is 0 Å². The van der Waals surface area contributed by atoms with Crippen molar-refractivity contribution in [1.82, 2.24) is 4.90 Å². The number of amides is 1. The van der Waals surface area contributed by atoms with Gasteiger partial charge in [-0.15, -0.1) is 0 Å². The molecule has 140 valence electrons. The highest BCUT2D eigenvalue weighted by Crippen LogP contribution is 2.27. The first-order chi connectivity index (χ1) is 11.4. The fraction of sp³-hybridized carbons (Fsp3) is 0.882. The molecule has 0 saturated carbocycles. The van der Waals surface area contributed by atoms with Gasteiger partial charge in [0.15, 0.2) is 0 Å². The van der Waals surface area contributed by atoms with Crippen LogP contribution in [0, 0.1) is 11.8 Å². The molecule has 0 N–H and O–H groups in total. The Labute approximate surface area is 144 Å². The summed E-state index contributed by atoms with van der Waals surface area (Å²) < 4.78 is 20.7. The molecule has 1 rings (SSSR count). The van der Waals surface area contributed by atoms with Crippen LogP contribution in [0.4, 0.5) is 0 Å². The number of ether oxygens (including phenoxy) is 4. The van der Waals surface area contributed by atoms with Crippen molar-refractivity contribution in [1.29, 1.82) is 0 Å². The summed E-state index contributed by atoms with van der Waals surface area (Å²) in [6.07, 6.45) is 1.64. The third kappa shape index (κ3) is 5.81. The number of likely N-dealkylation sites (tertiary alicyclic amines) is 1. The predicted molar refractivity (Wildman–Crippen MR) is 88.3 cm³/mol. The first-order valence-corrected chi connectivity index (χ1v) is 8.43. The SMILES string of the molecule is COCOC[C@@H]1CC[C@@H](COCOC)N1C(=O)[C@H](C)C(=O)C(C)C.